The second kappa shape index (κ2) is 8.10. The summed E-state index contributed by atoms with van der Waals surface area (Å²) in [7, 11) is 1.60. The summed E-state index contributed by atoms with van der Waals surface area (Å²) in [6.45, 7) is 8.18. The van der Waals surface area contributed by atoms with Gasteiger partial charge in [-0.2, -0.15) is 0 Å². The zero-order valence-electron chi connectivity index (χ0n) is 16.6. The van der Waals surface area contributed by atoms with Crippen LogP contribution in [0.1, 0.15) is 44.1 Å². The van der Waals surface area contributed by atoms with Crippen LogP contribution < -0.4 is 10.9 Å². The fourth-order valence-electron chi connectivity index (χ4n) is 3.70. The maximum atomic E-state index is 13.0. The second-order valence-electron chi connectivity index (χ2n) is 8.33. The number of carbonyl (C=O) groups is 1. The molecule has 2 aromatic heterocycles. The number of aryl methyl sites for hydroxylation is 2. The highest BCUT2D eigenvalue weighted by Gasteiger charge is 2.31. The summed E-state index contributed by atoms with van der Waals surface area (Å²) in [5.74, 6) is 0.551. The molecule has 148 valence electrons. The summed E-state index contributed by atoms with van der Waals surface area (Å²) in [6, 6.07) is 0. The van der Waals surface area contributed by atoms with Crippen molar-refractivity contribution in [2.45, 2.75) is 53.0 Å². The van der Waals surface area contributed by atoms with Gasteiger partial charge in [0.05, 0.1) is 18.3 Å². The van der Waals surface area contributed by atoms with E-state index in [1.165, 1.54) is 10.4 Å². The molecule has 0 bridgehead atoms. The fourth-order valence-corrected chi connectivity index (χ4v) is 4.96. The van der Waals surface area contributed by atoms with Crippen molar-refractivity contribution < 1.29 is 9.53 Å². The van der Waals surface area contributed by atoms with Crippen LogP contribution in [-0.4, -0.2) is 35.7 Å². The third-order valence-corrected chi connectivity index (χ3v) is 6.63. The predicted molar refractivity (Wildman–Crippen MR) is 108 cm³/mol. The number of carbonyl (C=O) groups excluding carboxylic acids is 1. The van der Waals surface area contributed by atoms with E-state index in [0.717, 1.165) is 29.5 Å². The first-order valence-corrected chi connectivity index (χ1v) is 10.4. The number of methoxy groups -OCH3 is 1. The van der Waals surface area contributed by atoms with Crippen molar-refractivity contribution in [1.29, 1.82) is 0 Å². The molecular weight excluding hydrogens is 362 g/mol. The largest absolute Gasteiger partial charge is 0.383 e. The molecule has 0 fully saturated rings. The van der Waals surface area contributed by atoms with Gasteiger partial charge in [-0.3, -0.25) is 14.2 Å². The Bertz CT molecular complexity index is 879. The van der Waals surface area contributed by atoms with E-state index in [1.807, 2.05) is 0 Å². The minimum atomic E-state index is -0.0839. The topological polar surface area (TPSA) is 73.2 Å². The Morgan fingerprint density at radius 3 is 2.93 bits per heavy atom. The highest BCUT2D eigenvalue weighted by Crippen LogP contribution is 2.41. The smallest absolute Gasteiger partial charge is 0.262 e. The Labute approximate surface area is 163 Å². The quantitative estimate of drug-likeness (QED) is 0.769. The molecule has 0 saturated heterocycles. The van der Waals surface area contributed by atoms with Crippen molar-refractivity contribution in [3.05, 3.63) is 27.1 Å². The van der Waals surface area contributed by atoms with E-state index in [0.29, 0.717) is 25.6 Å². The number of ether oxygens (including phenoxy) is 1. The van der Waals surface area contributed by atoms with Gasteiger partial charge < -0.3 is 10.1 Å². The van der Waals surface area contributed by atoms with Crippen LogP contribution in [0.4, 0.5) is 0 Å². The maximum absolute atomic E-state index is 13.0. The van der Waals surface area contributed by atoms with Crippen LogP contribution in [0.3, 0.4) is 0 Å². The summed E-state index contributed by atoms with van der Waals surface area (Å²) in [6.07, 6.45) is 4.92. The van der Waals surface area contributed by atoms with Crippen LogP contribution in [0.15, 0.2) is 11.1 Å². The maximum Gasteiger partial charge on any atom is 0.262 e. The monoisotopic (exact) mass is 391 g/mol. The molecule has 0 saturated carbocycles. The Balaban J connectivity index is 1.78. The molecule has 0 radical (unpaired) electrons. The highest BCUT2D eigenvalue weighted by molar-refractivity contribution is 7.18. The molecule has 2 heterocycles. The first-order valence-electron chi connectivity index (χ1n) is 9.56. The lowest BCUT2D eigenvalue weighted by Crippen LogP contribution is -2.30. The highest BCUT2D eigenvalue weighted by atomic mass is 32.1. The van der Waals surface area contributed by atoms with E-state index in [-0.39, 0.29) is 23.3 Å². The molecule has 0 aliphatic heterocycles. The summed E-state index contributed by atoms with van der Waals surface area (Å²) < 4.78 is 6.49. The molecule has 1 unspecified atom stereocenters. The molecule has 1 atom stereocenters. The van der Waals surface area contributed by atoms with Crippen LogP contribution in [0.25, 0.3) is 10.2 Å². The number of rotatable bonds is 6. The normalized spacial score (nSPS) is 17.1. The van der Waals surface area contributed by atoms with Gasteiger partial charge in [0.15, 0.2) is 0 Å². The number of thiophene rings is 1. The number of fused-ring (bicyclic) bond motifs is 3. The van der Waals surface area contributed by atoms with E-state index in [1.54, 1.807) is 29.3 Å². The van der Waals surface area contributed by atoms with Crippen LogP contribution in [0, 0.1) is 11.3 Å². The number of aromatic nitrogens is 2. The molecule has 1 aliphatic carbocycles. The number of nitrogens with zero attached hydrogens (tertiary/aromatic N) is 2. The van der Waals surface area contributed by atoms with Gasteiger partial charge in [-0.1, -0.05) is 20.8 Å². The lowest BCUT2D eigenvalue weighted by Gasteiger charge is -2.33. The van der Waals surface area contributed by atoms with Gasteiger partial charge in [0.25, 0.3) is 5.56 Å². The average Bonchev–Trinajstić information content (AvgIpc) is 2.99. The van der Waals surface area contributed by atoms with Crippen LogP contribution in [-0.2, 0) is 28.9 Å². The summed E-state index contributed by atoms with van der Waals surface area (Å²) in [5, 5.41) is 3.54. The number of nitrogens with one attached hydrogen (secondary N) is 1. The van der Waals surface area contributed by atoms with Crippen molar-refractivity contribution in [2.24, 2.45) is 11.3 Å². The number of hydrogen-bond donors (Lipinski definition) is 1. The van der Waals surface area contributed by atoms with Gasteiger partial charge in [0.2, 0.25) is 5.91 Å². The van der Waals surface area contributed by atoms with Gasteiger partial charge in [0.1, 0.15) is 4.83 Å². The van der Waals surface area contributed by atoms with Crippen molar-refractivity contribution >= 4 is 27.5 Å². The van der Waals surface area contributed by atoms with Gasteiger partial charge in [-0.25, -0.2) is 4.98 Å². The average molecular weight is 392 g/mol. The molecule has 1 amide bonds. The zero-order valence-corrected chi connectivity index (χ0v) is 17.4. The molecule has 1 aliphatic rings. The Kier molecular flexibility index (Phi) is 6.01. The standard InChI is InChI=1S/C20H29N3O3S/c1-20(2,3)13-5-6-14-15(11-13)27-18-17(14)19(25)23(12-22-18)9-7-16(24)21-8-10-26-4/h12-13H,5-11H2,1-4H3,(H,21,24). The van der Waals surface area contributed by atoms with Crippen molar-refractivity contribution in [2.75, 3.05) is 20.3 Å². The van der Waals surface area contributed by atoms with E-state index in [4.69, 9.17) is 4.74 Å². The van der Waals surface area contributed by atoms with Crippen LogP contribution in [0.2, 0.25) is 0 Å². The second-order valence-corrected chi connectivity index (χ2v) is 9.41. The lowest BCUT2D eigenvalue weighted by atomic mass is 9.72. The van der Waals surface area contributed by atoms with E-state index >= 15 is 0 Å². The van der Waals surface area contributed by atoms with E-state index in [9.17, 15) is 9.59 Å². The first-order chi connectivity index (χ1) is 12.8. The molecule has 2 aromatic rings. The molecule has 27 heavy (non-hydrogen) atoms. The summed E-state index contributed by atoms with van der Waals surface area (Å²) in [4.78, 5) is 31.5. The van der Waals surface area contributed by atoms with Gasteiger partial charge in [-0.15, -0.1) is 11.3 Å². The third-order valence-electron chi connectivity index (χ3n) is 5.47. The summed E-state index contributed by atoms with van der Waals surface area (Å²) in [5.41, 5.74) is 1.45. The predicted octanol–water partition coefficient (Wildman–Crippen LogP) is 2.76. The minimum Gasteiger partial charge on any atom is -0.383 e. The van der Waals surface area contributed by atoms with Crippen LogP contribution >= 0.6 is 11.3 Å². The van der Waals surface area contributed by atoms with E-state index < -0.39 is 0 Å². The SMILES string of the molecule is COCCNC(=O)CCn1cnc2sc3c(c2c1=O)CCC(C(C)(C)C)C3. The number of hydrogen-bond acceptors (Lipinski definition) is 5. The molecular formula is C20H29N3O3S. The molecule has 1 N–H and O–H groups in total. The third kappa shape index (κ3) is 4.41. The van der Waals surface area contributed by atoms with Crippen molar-refractivity contribution in [1.82, 2.24) is 14.9 Å². The molecule has 7 heteroatoms. The lowest BCUT2D eigenvalue weighted by molar-refractivity contribution is -0.121. The summed E-state index contributed by atoms with van der Waals surface area (Å²) >= 11 is 1.66. The molecule has 3 rings (SSSR count). The molecule has 0 aromatic carbocycles. The van der Waals surface area contributed by atoms with Gasteiger partial charge >= 0.3 is 0 Å². The number of amides is 1. The van der Waals surface area contributed by atoms with Crippen LogP contribution in [0.5, 0.6) is 0 Å². The first kappa shape index (κ1) is 20.0. The zero-order chi connectivity index (χ0) is 19.6. The Hall–Kier alpha value is -1.73. The van der Waals surface area contributed by atoms with E-state index in [2.05, 4.69) is 31.1 Å². The van der Waals surface area contributed by atoms with Gasteiger partial charge in [0, 0.05) is 31.5 Å². The van der Waals surface area contributed by atoms with Crippen molar-refractivity contribution in [3.63, 3.8) is 0 Å². The molecule has 0 spiro atoms. The van der Waals surface area contributed by atoms with Gasteiger partial charge in [-0.05, 0) is 36.2 Å². The Morgan fingerprint density at radius 2 is 2.22 bits per heavy atom. The fraction of sp³-hybridized carbons (Fsp3) is 0.650. The van der Waals surface area contributed by atoms with Crippen molar-refractivity contribution in [3.8, 4) is 0 Å². The minimum absolute atomic E-state index is 0.0172. The molecule has 6 nitrogen and oxygen atoms in total. The Morgan fingerprint density at radius 1 is 1.44 bits per heavy atom.